The van der Waals surface area contributed by atoms with Crippen LogP contribution in [0.4, 0.5) is 0 Å². The van der Waals surface area contributed by atoms with Crippen molar-refractivity contribution in [2.75, 3.05) is 38.6 Å². The van der Waals surface area contributed by atoms with Crippen LogP contribution in [0.25, 0.3) is 0 Å². The molecule has 1 fully saturated rings. The smallest absolute Gasteiger partial charge is 0.180 e. The first-order chi connectivity index (χ1) is 13.9. The summed E-state index contributed by atoms with van der Waals surface area (Å²) in [6.07, 6.45) is 0.977. The Hall–Kier alpha value is -1.60. The van der Waals surface area contributed by atoms with Gasteiger partial charge in [-0.1, -0.05) is 30.7 Å². The molecule has 1 saturated heterocycles. The third-order valence-corrected chi connectivity index (χ3v) is 7.40. The van der Waals surface area contributed by atoms with E-state index in [9.17, 15) is 8.42 Å². The van der Waals surface area contributed by atoms with Crippen LogP contribution in [0.5, 0.6) is 5.75 Å². The predicted octanol–water partition coefficient (Wildman–Crippen LogP) is 3.30. The highest BCUT2D eigenvalue weighted by atomic mass is 35.5. The molecule has 2 aromatic rings. The number of hydrogen-bond acceptors (Lipinski definition) is 5. The molecule has 0 bridgehead atoms. The van der Waals surface area contributed by atoms with Crippen LogP contribution in [-0.4, -0.2) is 57.0 Å². The molecule has 1 aliphatic rings. The largest absolute Gasteiger partial charge is 0.493 e. The molecule has 5 nitrogen and oxygen atoms in total. The molecule has 1 aliphatic heterocycles. The van der Waals surface area contributed by atoms with Crippen LogP contribution in [0.3, 0.4) is 0 Å². The zero-order valence-electron chi connectivity index (χ0n) is 16.6. The summed E-state index contributed by atoms with van der Waals surface area (Å²) in [6.45, 7) is 5.51. The molecule has 1 heterocycles. The predicted molar refractivity (Wildman–Crippen MR) is 115 cm³/mol. The Morgan fingerprint density at radius 2 is 1.93 bits per heavy atom. The lowest BCUT2D eigenvalue weighted by atomic mass is 9.99. The molecule has 0 unspecified atom stereocenters. The second-order valence-electron chi connectivity index (χ2n) is 7.70. The molecular formula is C22H28ClNO4S. The number of ether oxygens (including phenoxy) is 1. The number of sulfone groups is 1. The Morgan fingerprint density at radius 1 is 1.17 bits per heavy atom. The number of aliphatic hydroxyl groups excluding tert-OH is 1. The lowest BCUT2D eigenvalue weighted by Crippen LogP contribution is -2.24. The van der Waals surface area contributed by atoms with E-state index in [-0.39, 0.29) is 17.3 Å². The lowest BCUT2D eigenvalue weighted by molar-refractivity contribution is 0.225. The van der Waals surface area contributed by atoms with Crippen LogP contribution in [0.2, 0.25) is 5.02 Å². The first-order valence-electron chi connectivity index (χ1n) is 9.90. The molecule has 1 N–H and O–H groups in total. The van der Waals surface area contributed by atoms with Crippen LogP contribution < -0.4 is 4.74 Å². The summed E-state index contributed by atoms with van der Waals surface area (Å²) in [5.41, 5.74) is 1.25. The second kappa shape index (κ2) is 9.94. The van der Waals surface area contributed by atoms with E-state index < -0.39 is 9.84 Å². The molecule has 0 aliphatic carbocycles. The number of benzene rings is 2. The summed E-state index contributed by atoms with van der Waals surface area (Å²) in [6, 6.07) is 14.4. The minimum Gasteiger partial charge on any atom is -0.493 e. The topological polar surface area (TPSA) is 66.8 Å². The van der Waals surface area contributed by atoms with Gasteiger partial charge in [-0.15, -0.1) is 0 Å². The molecule has 29 heavy (non-hydrogen) atoms. The van der Waals surface area contributed by atoms with Gasteiger partial charge in [0.05, 0.1) is 23.9 Å². The third-order valence-electron chi connectivity index (χ3n) is 5.46. The molecule has 0 aromatic heterocycles. The van der Waals surface area contributed by atoms with E-state index >= 15 is 0 Å². The number of halogens is 1. The molecule has 2 aromatic carbocycles. The van der Waals surface area contributed by atoms with Crippen molar-refractivity contribution in [2.24, 2.45) is 11.8 Å². The highest BCUT2D eigenvalue weighted by molar-refractivity contribution is 7.91. The minimum absolute atomic E-state index is 0.209. The maximum Gasteiger partial charge on any atom is 0.180 e. The van der Waals surface area contributed by atoms with Gasteiger partial charge in [0.1, 0.15) is 5.75 Å². The summed E-state index contributed by atoms with van der Waals surface area (Å²) in [4.78, 5) is 2.67. The van der Waals surface area contributed by atoms with Crippen molar-refractivity contribution in [1.82, 2.24) is 4.90 Å². The normalized spacial score (nSPS) is 20.1. The first kappa shape index (κ1) is 22.1. The molecule has 0 amide bonds. The van der Waals surface area contributed by atoms with E-state index in [2.05, 4.69) is 17.9 Å². The number of rotatable bonds is 9. The molecule has 0 saturated carbocycles. The van der Waals surface area contributed by atoms with Gasteiger partial charge in [0.2, 0.25) is 0 Å². The van der Waals surface area contributed by atoms with Crippen LogP contribution in [0.15, 0.2) is 53.4 Å². The van der Waals surface area contributed by atoms with Crippen molar-refractivity contribution >= 4 is 21.4 Å². The fourth-order valence-corrected chi connectivity index (χ4v) is 4.95. The average molecular weight is 438 g/mol. The Balaban J connectivity index is 1.48. The minimum atomic E-state index is -3.43. The number of hydrogen-bond donors (Lipinski definition) is 1. The van der Waals surface area contributed by atoms with Crippen molar-refractivity contribution in [3.8, 4) is 5.75 Å². The standard InChI is InChI=1S/C22H28ClNO4S/c1-17-14-24(10-9-18-3-2-4-20(23)13-18)15-19(17)16-28-21-5-7-22(8-6-21)29(26,27)12-11-25/h2-8,13,17,19,25H,9-12,14-16H2,1H3/t17-,19+/m0/s1. The monoisotopic (exact) mass is 437 g/mol. The van der Waals surface area contributed by atoms with Crippen molar-refractivity contribution in [2.45, 2.75) is 18.2 Å². The average Bonchev–Trinajstić information content (AvgIpc) is 3.05. The summed E-state index contributed by atoms with van der Waals surface area (Å²) in [5, 5.41) is 9.65. The number of likely N-dealkylation sites (tertiary alicyclic amines) is 1. The van der Waals surface area contributed by atoms with E-state index in [0.29, 0.717) is 24.2 Å². The van der Waals surface area contributed by atoms with Gasteiger partial charge in [0, 0.05) is 30.6 Å². The maximum atomic E-state index is 12.0. The SMILES string of the molecule is C[C@H]1CN(CCc2cccc(Cl)c2)C[C@@H]1COc1ccc(S(=O)(=O)CCO)cc1. The zero-order valence-corrected chi connectivity index (χ0v) is 18.2. The van der Waals surface area contributed by atoms with Gasteiger partial charge in [-0.3, -0.25) is 0 Å². The lowest BCUT2D eigenvalue weighted by Gasteiger charge is -2.17. The molecule has 2 atom stereocenters. The second-order valence-corrected chi connectivity index (χ2v) is 10.2. The van der Waals surface area contributed by atoms with Crippen LogP contribution in [0, 0.1) is 11.8 Å². The zero-order chi connectivity index (χ0) is 20.9. The fourth-order valence-electron chi connectivity index (χ4n) is 3.71. The van der Waals surface area contributed by atoms with Gasteiger partial charge in [-0.2, -0.15) is 0 Å². The molecular weight excluding hydrogens is 410 g/mol. The van der Waals surface area contributed by atoms with Crippen LogP contribution >= 0.6 is 11.6 Å². The van der Waals surface area contributed by atoms with Gasteiger partial charge in [0.25, 0.3) is 0 Å². The van der Waals surface area contributed by atoms with Crippen LogP contribution in [0.1, 0.15) is 12.5 Å². The van der Waals surface area contributed by atoms with Crippen molar-refractivity contribution < 1.29 is 18.3 Å². The fraction of sp³-hybridized carbons (Fsp3) is 0.455. The van der Waals surface area contributed by atoms with E-state index in [0.717, 1.165) is 31.1 Å². The van der Waals surface area contributed by atoms with Gasteiger partial charge in [-0.25, -0.2) is 8.42 Å². The van der Waals surface area contributed by atoms with E-state index in [1.807, 2.05) is 18.2 Å². The van der Waals surface area contributed by atoms with Gasteiger partial charge < -0.3 is 14.7 Å². The molecule has 158 valence electrons. The summed E-state index contributed by atoms with van der Waals surface area (Å²) in [5.74, 6) is 1.38. The highest BCUT2D eigenvalue weighted by Crippen LogP contribution is 2.25. The number of aliphatic hydroxyl groups is 1. The van der Waals surface area contributed by atoms with Gasteiger partial charge in [0.15, 0.2) is 9.84 Å². The Morgan fingerprint density at radius 3 is 2.62 bits per heavy atom. The van der Waals surface area contributed by atoms with E-state index in [1.165, 1.54) is 17.7 Å². The number of nitrogens with zero attached hydrogens (tertiary/aromatic N) is 1. The first-order valence-corrected chi connectivity index (χ1v) is 11.9. The van der Waals surface area contributed by atoms with Gasteiger partial charge in [-0.05, 0) is 54.3 Å². The van der Waals surface area contributed by atoms with E-state index in [4.69, 9.17) is 21.4 Å². The molecule has 3 rings (SSSR count). The molecule has 7 heteroatoms. The molecule has 0 spiro atoms. The maximum absolute atomic E-state index is 12.0. The van der Waals surface area contributed by atoms with Crippen molar-refractivity contribution in [1.29, 1.82) is 0 Å². The summed E-state index contributed by atoms with van der Waals surface area (Å²) in [7, 11) is -3.43. The molecule has 0 radical (unpaired) electrons. The Bertz CT molecular complexity index is 901. The quantitative estimate of drug-likeness (QED) is 0.652. The highest BCUT2D eigenvalue weighted by Gasteiger charge is 2.29. The summed E-state index contributed by atoms with van der Waals surface area (Å²) < 4.78 is 29.8. The van der Waals surface area contributed by atoms with E-state index in [1.54, 1.807) is 12.1 Å². The van der Waals surface area contributed by atoms with Gasteiger partial charge >= 0.3 is 0 Å². The van der Waals surface area contributed by atoms with Crippen LogP contribution in [-0.2, 0) is 16.3 Å². The Kier molecular flexibility index (Phi) is 7.57. The third kappa shape index (κ3) is 6.19. The van der Waals surface area contributed by atoms with Crippen molar-refractivity contribution in [3.05, 3.63) is 59.1 Å². The Labute approximate surface area is 178 Å². The summed E-state index contributed by atoms with van der Waals surface area (Å²) >= 11 is 6.06. The van der Waals surface area contributed by atoms with Crippen molar-refractivity contribution in [3.63, 3.8) is 0 Å².